The zero-order chi connectivity index (χ0) is 23.0. The number of hydrogen-bond acceptors (Lipinski definition) is 5. The summed E-state index contributed by atoms with van der Waals surface area (Å²) in [4.78, 5) is 27.6. The van der Waals surface area contributed by atoms with Crippen molar-refractivity contribution in [2.75, 3.05) is 12.0 Å². The van der Waals surface area contributed by atoms with Gasteiger partial charge in [0.25, 0.3) is 11.7 Å². The molecule has 0 bridgehead atoms. The zero-order valence-electron chi connectivity index (χ0n) is 16.8. The summed E-state index contributed by atoms with van der Waals surface area (Å²) in [7, 11) is 1.46. The lowest BCUT2D eigenvalue weighted by Crippen LogP contribution is -2.29. The molecule has 1 heterocycles. The van der Waals surface area contributed by atoms with E-state index in [0.29, 0.717) is 17.0 Å². The summed E-state index contributed by atoms with van der Waals surface area (Å²) in [6.07, 6.45) is 0. The molecule has 4 rings (SSSR count). The third kappa shape index (κ3) is 3.68. The number of benzene rings is 3. The van der Waals surface area contributed by atoms with Gasteiger partial charge in [-0.3, -0.25) is 14.5 Å². The Balaban J connectivity index is 1.98. The molecular weight excluding hydrogens is 453 g/mol. The van der Waals surface area contributed by atoms with Gasteiger partial charge >= 0.3 is 0 Å². The van der Waals surface area contributed by atoms with Crippen molar-refractivity contribution in [1.29, 1.82) is 0 Å². The summed E-state index contributed by atoms with van der Waals surface area (Å²) in [5, 5.41) is 21.3. The molecule has 1 atom stereocenters. The summed E-state index contributed by atoms with van der Waals surface area (Å²) in [6, 6.07) is 16.3. The van der Waals surface area contributed by atoms with E-state index in [2.05, 4.69) is 0 Å². The monoisotopic (exact) mass is 469 g/mol. The molecule has 0 radical (unpaired) electrons. The van der Waals surface area contributed by atoms with Crippen molar-refractivity contribution in [1.82, 2.24) is 0 Å². The molecule has 1 saturated heterocycles. The molecule has 8 heteroatoms. The minimum absolute atomic E-state index is 0.0208. The van der Waals surface area contributed by atoms with Gasteiger partial charge in [0, 0.05) is 5.56 Å². The number of phenols is 1. The Kier molecular flexibility index (Phi) is 5.82. The van der Waals surface area contributed by atoms with E-state index in [1.165, 1.54) is 42.3 Å². The second-order valence-electron chi connectivity index (χ2n) is 7.06. The molecule has 1 amide bonds. The summed E-state index contributed by atoms with van der Waals surface area (Å²) in [5.74, 6) is -1.68. The summed E-state index contributed by atoms with van der Waals surface area (Å²) < 4.78 is 5.40. The molecule has 1 aliphatic heterocycles. The van der Waals surface area contributed by atoms with Gasteiger partial charge in [0.1, 0.15) is 17.3 Å². The van der Waals surface area contributed by atoms with E-state index in [0.717, 1.165) is 0 Å². The largest absolute Gasteiger partial charge is 0.508 e. The Morgan fingerprint density at radius 2 is 1.66 bits per heavy atom. The van der Waals surface area contributed by atoms with Crippen LogP contribution in [0.5, 0.6) is 11.5 Å². The molecule has 3 aromatic carbocycles. The Labute approximate surface area is 193 Å². The first-order chi connectivity index (χ1) is 15.3. The molecule has 1 unspecified atom stereocenters. The van der Waals surface area contributed by atoms with Crippen molar-refractivity contribution in [3.8, 4) is 11.5 Å². The van der Waals surface area contributed by atoms with Crippen molar-refractivity contribution >= 4 is 46.3 Å². The highest BCUT2D eigenvalue weighted by molar-refractivity contribution is 6.52. The van der Waals surface area contributed by atoms with Crippen molar-refractivity contribution in [2.24, 2.45) is 0 Å². The number of para-hydroxylation sites is 2. The van der Waals surface area contributed by atoms with Crippen LogP contribution < -0.4 is 9.64 Å². The highest BCUT2D eigenvalue weighted by Crippen LogP contribution is 2.45. The van der Waals surface area contributed by atoms with Crippen LogP contribution in [0.3, 0.4) is 0 Å². The SMILES string of the molecule is COc1ccccc1N1C(=O)C(=O)/C(=C(\O)c2ccc(Cl)c(Cl)c2)C1c1ccc(O)cc1. The van der Waals surface area contributed by atoms with Gasteiger partial charge < -0.3 is 14.9 Å². The van der Waals surface area contributed by atoms with Gasteiger partial charge in [-0.2, -0.15) is 0 Å². The van der Waals surface area contributed by atoms with Crippen LogP contribution in [-0.2, 0) is 9.59 Å². The van der Waals surface area contributed by atoms with Gasteiger partial charge in [-0.1, -0.05) is 47.5 Å². The van der Waals surface area contributed by atoms with E-state index in [4.69, 9.17) is 27.9 Å². The van der Waals surface area contributed by atoms with Gasteiger partial charge in [0.15, 0.2) is 0 Å². The fourth-order valence-electron chi connectivity index (χ4n) is 3.68. The fourth-order valence-corrected chi connectivity index (χ4v) is 3.98. The zero-order valence-corrected chi connectivity index (χ0v) is 18.3. The highest BCUT2D eigenvalue weighted by atomic mass is 35.5. The third-order valence-electron chi connectivity index (χ3n) is 5.19. The van der Waals surface area contributed by atoms with E-state index < -0.39 is 23.5 Å². The van der Waals surface area contributed by atoms with E-state index in [9.17, 15) is 19.8 Å². The molecule has 32 heavy (non-hydrogen) atoms. The molecule has 6 nitrogen and oxygen atoms in total. The number of rotatable bonds is 4. The number of ether oxygens (including phenoxy) is 1. The third-order valence-corrected chi connectivity index (χ3v) is 5.93. The standard InChI is InChI=1S/C24H17Cl2NO5/c1-32-19-5-3-2-4-18(19)27-21(13-6-9-15(28)10-7-13)20(23(30)24(27)31)22(29)14-8-11-16(25)17(26)12-14/h2-12,21,28-29H,1H3/b22-20-. The van der Waals surface area contributed by atoms with Gasteiger partial charge in [-0.05, 0) is 48.0 Å². The summed E-state index contributed by atoms with van der Waals surface area (Å²) >= 11 is 12.1. The van der Waals surface area contributed by atoms with E-state index >= 15 is 0 Å². The highest BCUT2D eigenvalue weighted by Gasteiger charge is 2.47. The number of halogens is 2. The maximum atomic E-state index is 13.2. The van der Waals surface area contributed by atoms with Crippen LogP contribution in [0.15, 0.2) is 72.3 Å². The Morgan fingerprint density at radius 1 is 0.969 bits per heavy atom. The lowest BCUT2D eigenvalue weighted by Gasteiger charge is -2.26. The van der Waals surface area contributed by atoms with Crippen LogP contribution in [0, 0.1) is 0 Å². The van der Waals surface area contributed by atoms with Gasteiger partial charge in [-0.25, -0.2) is 0 Å². The average Bonchev–Trinajstić information content (AvgIpc) is 3.06. The quantitative estimate of drug-likeness (QED) is 0.306. The minimum atomic E-state index is -0.971. The van der Waals surface area contributed by atoms with E-state index in [1.54, 1.807) is 36.4 Å². The first-order valence-corrected chi connectivity index (χ1v) is 10.3. The van der Waals surface area contributed by atoms with Crippen molar-refractivity contribution < 1.29 is 24.5 Å². The Hall–Kier alpha value is -3.48. The Morgan fingerprint density at radius 3 is 2.31 bits per heavy atom. The molecular formula is C24H17Cl2NO5. The van der Waals surface area contributed by atoms with E-state index in [1.807, 2.05) is 0 Å². The first kappa shape index (κ1) is 21.7. The fraction of sp³-hybridized carbons (Fsp3) is 0.0833. The number of aromatic hydroxyl groups is 1. The first-order valence-electron chi connectivity index (χ1n) is 9.52. The Bertz CT molecular complexity index is 1250. The van der Waals surface area contributed by atoms with Gasteiger partial charge in [0.2, 0.25) is 0 Å². The summed E-state index contributed by atoms with van der Waals surface area (Å²) in [5.41, 5.74) is 0.990. The van der Waals surface area contributed by atoms with Crippen LogP contribution in [-0.4, -0.2) is 29.0 Å². The van der Waals surface area contributed by atoms with Crippen LogP contribution in [0.2, 0.25) is 10.0 Å². The van der Waals surface area contributed by atoms with Crippen molar-refractivity contribution in [3.63, 3.8) is 0 Å². The molecule has 2 N–H and O–H groups in total. The molecule has 1 aliphatic rings. The number of aliphatic hydroxyl groups excluding tert-OH is 1. The van der Waals surface area contributed by atoms with Crippen LogP contribution in [0.1, 0.15) is 17.2 Å². The number of carbonyl (C=O) groups excluding carboxylic acids is 2. The second-order valence-corrected chi connectivity index (χ2v) is 7.88. The predicted octanol–water partition coefficient (Wildman–Crippen LogP) is 5.33. The lowest BCUT2D eigenvalue weighted by molar-refractivity contribution is -0.132. The number of ketones is 1. The maximum Gasteiger partial charge on any atom is 0.300 e. The van der Waals surface area contributed by atoms with Crippen molar-refractivity contribution in [2.45, 2.75) is 6.04 Å². The number of nitrogens with zero attached hydrogens (tertiary/aromatic N) is 1. The number of anilines is 1. The smallest absolute Gasteiger partial charge is 0.300 e. The predicted molar refractivity (Wildman–Crippen MR) is 122 cm³/mol. The number of Topliss-reactive ketones (excluding diaryl/α,β-unsaturated/α-hetero) is 1. The number of phenolic OH excluding ortho intramolecular Hbond substituents is 1. The lowest BCUT2D eigenvalue weighted by atomic mass is 9.95. The topological polar surface area (TPSA) is 87.1 Å². The number of methoxy groups -OCH3 is 1. The van der Waals surface area contributed by atoms with E-state index in [-0.39, 0.29) is 26.9 Å². The molecule has 0 saturated carbocycles. The number of carbonyl (C=O) groups is 2. The number of amides is 1. The molecule has 162 valence electrons. The van der Waals surface area contributed by atoms with Crippen LogP contribution in [0.25, 0.3) is 5.76 Å². The molecule has 0 spiro atoms. The van der Waals surface area contributed by atoms with Crippen LogP contribution in [0.4, 0.5) is 5.69 Å². The van der Waals surface area contributed by atoms with Crippen molar-refractivity contribution in [3.05, 3.63) is 93.5 Å². The number of aliphatic hydroxyl groups is 1. The normalized spacial score (nSPS) is 17.6. The molecule has 1 fully saturated rings. The number of hydrogen-bond donors (Lipinski definition) is 2. The minimum Gasteiger partial charge on any atom is -0.508 e. The average molecular weight is 470 g/mol. The summed E-state index contributed by atoms with van der Waals surface area (Å²) in [6.45, 7) is 0. The second kappa shape index (κ2) is 8.57. The molecule has 0 aliphatic carbocycles. The maximum absolute atomic E-state index is 13.2. The molecule has 3 aromatic rings. The van der Waals surface area contributed by atoms with Crippen LogP contribution >= 0.6 is 23.2 Å². The molecule has 0 aromatic heterocycles. The van der Waals surface area contributed by atoms with Gasteiger partial charge in [-0.15, -0.1) is 0 Å². The van der Waals surface area contributed by atoms with Gasteiger partial charge in [0.05, 0.1) is 34.5 Å².